The zero-order chi connectivity index (χ0) is 6.41. The maximum atomic E-state index is 8.42. The van der Waals surface area contributed by atoms with Gasteiger partial charge in [0.15, 0.2) is 5.88 Å². The fourth-order valence-electron chi connectivity index (χ4n) is 0.454. The van der Waals surface area contributed by atoms with E-state index in [2.05, 4.69) is 6.92 Å². The summed E-state index contributed by atoms with van der Waals surface area (Å²) < 4.78 is 0. The van der Waals surface area contributed by atoms with Crippen LogP contribution < -0.4 is 5.73 Å². The molecule has 0 aromatic rings. The van der Waals surface area contributed by atoms with Gasteiger partial charge in [0.1, 0.15) is 0 Å². The number of aliphatic hydroxyl groups excluding tert-OH is 1. The Morgan fingerprint density at radius 2 is 2.38 bits per heavy atom. The molecule has 0 fully saturated rings. The lowest BCUT2D eigenvalue weighted by molar-refractivity contribution is 0.402. The molecule has 0 bridgehead atoms. The fourth-order valence-corrected chi connectivity index (χ4v) is 0.454. The van der Waals surface area contributed by atoms with Crippen LogP contribution in [0.4, 0.5) is 0 Å². The van der Waals surface area contributed by atoms with E-state index in [-0.39, 0.29) is 5.88 Å². The molecule has 0 heterocycles. The van der Waals surface area contributed by atoms with Crippen molar-refractivity contribution in [2.45, 2.75) is 26.2 Å². The summed E-state index contributed by atoms with van der Waals surface area (Å²) in [7, 11) is 0. The predicted molar refractivity (Wildman–Crippen MR) is 34.4 cm³/mol. The maximum absolute atomic E-state index is 8.42. The molecular weight excluding hydrogens is 102 g/mol. The lowest BCUT2D eigenvalue weighted by Gasteiger charge is -1.88. The molecule has 3 N–H and O–H groups in total. The fraction of sp³-hybridized carbons (Fsp3) is 0.667. The second-order valence-corrected chi connectivity index (χ2v) is 1.77. The number of hydrogen-bond donors (Lipinski definition) is 2. The van der Waals surface area contributed by atoms with Crippen molar-refractivity contribution in [2.75, 3.05) is 0 Å². The molecule has 0 aromatic carbocycles. The summed E-state index contributed by atoms with van der Waals surface area (Å²) >= 11 is 0. The molecule has 0 spiro atoms. The third-order valence-corrected chi connectivity index (χ3v) is 0.911. The minimum atomic E-state index is -0.0570. The van der Waals surface area contributed by atoms with Crippen LogP contribution in [0.1, 0.15) is 26.2 Å². The van der Waals surface area contributed by atoms with Crippen LogP contribution in [0.5, 0.6) is 0 Å². The van der Waals surface area contributed by atoms with Crippen molar-refractivity contribution in [3.63, 3.8) is 0 Å². The Labute approximate surface area is 50.0 Å². The van der Waals surface area contributed by atoms with E-state index < -0.39 is 0 Å². The average molecular weight is 115 g/mol. The summed E-state index contributed by atoms with van der Waals surface area (Å²) in [6, 6.07) is 0. The van der Waals surface area contributed by atoms with Crippen LogP contribution in [0.3, 0.4) is 0 Å². The van der Waals surface area contributed by atoms with Gasteiger partial charge in [-0.25, -0.2) is 0 Å². The Kier molecular flexibility index (Phi) is 4.13. The Morgan fingerprint density at radius 1 is 1.75 bits per heavy atom. The van der Waals surface area contributed by atoms with Crippen LogP contribution in [0, 0.1) is 0 Å². The summed E-state index contributed by atoms with van der Waals surface area (Å²) in [5.41, 5.74) is 4.95. The molecule has 0 saturated heterocycles. The van der Waals surface area contributed by atoms with Crippen LogP contribution >= 0.6 is 0 Å². The van der Waals surface area contributed by atoms with Crippen LogP contribution in [0.25, 0.3) is 0 Å². The van der Waals surface area contributed by atoms with E-state index in [0.717, 1.165) is 19.3 Å². The second kappa shape index (κ2) is 4.50. The number of nitrogens with two attached hydrogens (primary N) is 1. The molecule has 0 aromatic heterocycles. The van der Waals surface area contributed by atoms with Crippen LogP contribution in [0.15, 0.2) is 12.0 Å². The highest BCUT2D eigenvalue weighted by Gasteiger charge is 1.80. The summed E-state index contributed by atoms with van der Waals surface area (Å²) in [4.78, 5) is 0. The van der Waals surface area contributed by atoms with Gasteiger partial charge in [-0.3, -0.25) is 0 Å². The van der Waals surface area contributed by atoms with Gasteiger partial charge in [0, 0.05) is 0 Å². The van der Waals surface area contributed by atoms with Crippen molar-refractivity contribution in [3.8, 4) is 0 Å². The molecule has 0 unspecified atom stereocenters. The van der Waals surface area contributed by atoms with E-state index in [1.807, 2.05) is 0 Å². The van der Waals surface area contributed by atoms with Crippen LogP contribution in [-0.2, 0) is 0 Å². The number of rotatable bonds is 3. The topological polar surface area (TPSA) is 46.2 Å². The van der Waals surface area contributed by atoms with Gasteiger partial charge in [-0.15, -0.1) is 0 Å². The Morgan fingerprint density at radius 3 is 2.75 bits per heavy atom. The number of aliphatic hydroxyl groups is 1. The Balaban J connectivity index is 3.03. The summed E-state index contributed by atoms with van der Waals surface area (Å²) in [6.07, 6.45) is 4.76. The van der Waals surface area contributed by atoms with Gasteiger partial charge in [-0.2, -0.15) is 0 Å². The van der Waals surface area contributed by atoms with Gasteiger partial charge in [-0.1, -0.05) is 13.3 Å². The molecule has 0 saturated carbocycles. The largest absolute Gasteiger partial charge is 0.495 e. The SMILES string of the molecule is CCCC/C=C(/N)O. The van der Waals surface area contributed by atoms with Crippen molar-refractivity contribution >= 4 is 0 Å². The summed E-state index contributed by atoms with van der Waals surface area (Å²) in [5.74, 6) is -0.0570. The lowest BCUT2D eigenvalue weighted by atomic mass is 10.2. The molecule has 0 amide bonds. The van der Waals surface area contributed by atoms with Gasteiger partial charge >= 0.3 is 0 Å². The molecule has 2 nitrogen and oxygen atoms in total. The van der Waals surface area contributed by atoms with E-state index in [1.54, 1.807) is 6.08 Å². The predicted octanol–water partition coefficient (Wildman–Crippen LogP) is 1.53. The monoisotopic (exact) mass is 115 g/mol. The highest BCUT2D eigenvalue weighted by Crippen LogP contribution is 1.94. The molecule has 0 rings (SSSR count). The maximum Gasteiger partial charge on any atom is 0.177 e. The van der Waals surface area contributed by atoms with Gasteiger partial charge in [0.05, 0.1) is 0 Å². The molecule has 8 heavy (non-hydrogen) atoms. The van der Waals surface area contributed by atoms with E-state index in [4.69, 9.17) is 10.8 Å². The molecule has 0 aliphatic carbocycles. The molecule has 0 aliphatic rings. The van der Waals surface area contributed by atoms with E-state index >= 15 is 0 Å². The number of allylic oxidation sites excluding steroid dienone is 1. The Hall–Kier alpha value is -0.660. The number of unbranched alkanes of at least 4 members (excludes halogenated alkanes) is 2. The minimum absolute atomic E-state index is 0.0570. The molecule has 0 aliphatic heterocycles. The van der Waals surface area contributed by atoms with Gasteiger partial charge < -0.3 is 10.8 Å². The van der Waals surface area contributed by atoms with Crippen molar-refractivity contribution in [3.05, 3.63) is 12.0 Å². The first-order chi connectivity index (χ1) is 3.77. The highest BCUT2D eigenvalue weighted by atomic mass is 16.3. The summed E-state index contributed by atoms with van der Waals surface area (Å²) in [6.45, 7) is 2.10. The van der Waals surface area contributed by atoms with Crippen molar-refractivity contribution < 1.29 is 5.11 Å². The van der Waals surface area contributed by atoms with Gasteiger partial charge in [-0.05, 0) is 18.9 Å². The van der Waals surface area contributed by atoms with E-state index in [9.17, 15) is 0 Å². The van der Waals surface area contributed by atoms with Crippen molar-refractivity contribution in [1.29, 1.82) is 0 Å². The van der Waals surface area contributed by atoms with Crippen LogP contribution in [-0.4, -0.2) is 5.11 Å². The van der Waals surface area contributed by atoms with Crippen molar-refractivity contribution in [2.24, 2.45) is 5.73 Å². The third-order valence-electron chi connectivity index (χ3n) is 0.911. The molecule has 48 valence electrons. The zero-order valence-electron chi connectivity index (χ0n) is 5.22. The van der Waals surface area contributed by atoms with E-state index in [0.29, 0.717) is 0 Å². The van der Waals surface area contributed by atoms with E-state index in [1.165, 1.54) is 0 Å². The lowest BCUT2D eigenvalue weighted by Crippen LogP contribution is -1.93. The van der Waals surface area contributed by atoms with Crippen molar-refractivity contribution in [1.82, 2.24) is 0 Å². The Bertz CT molecular complexity index is 74.6. The van der Waals surface area contributed by atoms with Gasteiger partial charge in [0.2, 0.25) is 0 Å². The first-order valence-corrected chi connectivity index (χ1v) is 2.92. The second-order valence-electron chi connectivity index (χ2n) is 1.77. The third kappa shape index (κ3) is 5.34. The molecule has 0 atom stereocenters. The quantitative estimate of drug-likeness (QED) is 0.433. The molecule has 2 heteroatoms. The standard InChI is InChI=1S/C6H13NO/c1-2-3-4-5-6(7)8/h5,8H,2-4,7H2,1H3/b6-5-. The molecular formula is C6H13NO. The first-order valence-electron chi connectivity index (χ1n) is 2.92. The average Bonchev–Trinajstić information content (AvgIpc) is 1.66. The first kappa shape index (κ1) is 7.34. The van der Waals surface area contributed by atoms with Gasteiger partial charge in [0.25, 0.3) is 0 Å². The zero-order valence-corrected chi connectivity index (χ0v) is 5.22. The smallest absolute Gasteiger partial charge is 0.177 e. The van der Waals surface area contributed by atoms with Crippen LogP contribution in [0.2, 0.25) is 0 Å². The minimum Gasteiger partial charge on any atom is -0.495 e. The normalized spacial score (nSPS) is 11.9. The number of hydrogen-bond acceptors (Lipinski definition) is 2. The molecule has 0 radical (unpaired) electrons. The highest BCUT2D eigenvalue weighted by molar-refractivity contribution is 4.83. The summed E-state index contributed by atoms with van der Waals surface area (Å²) in [5, 5.41) is 8.42.